The monoisotopic (exact) mass is 239 g/mol. The van der Waals surface area contributed by atoms with E-state index in [1.54, 1.807) is 0 Å². The second-order valence-electron chi connectivity index (χ2n) is 3.99. The van der Waals surface area contributed by atoms with Crippen LogP contribution in [0.4, 0.5) is 0 Å². The van der Waals surface area contributed by atoms with Crippen LogP contribution in [0.1, 0.15) is 26.2 Å². The normalized spacial score (nSPS) is 19.6. The summed E-state index contributed by atoms with van der Waals surface area (Å²) < 4.78 is 22.7. The van der Waals surface area contributed by atoms with Gasteiger partial charge in [-0.2, -0.15) is 0 Å². The predicted molar refractivity (Wildman–Crippen MR) is 59.6 cm³/mol. The second-order valence-corrected chi connectivity index (χ2v) is 6.56. The number of nitrogens with one attached hydrogen (secondary N) is 1. The maximum absolute atomic E-state index is 11.4. The van der Waals surface area contributed by atoms with Crippen molar-refractivity contribution in [3.63, 3.8) is 0 Å². The van der Waals surface area contributed by atoms with E-state index in [0.29, 0.717) is 24.6 Å². The standard InChI is InChI=1S/C9H18ClNO2S/c1-2-6-14(12,13)7-5-11-9(8-10)3-4-9/h11H,2-8H2,1H3. The van der Waals surface area contributed by atoms with Gasteiger partial charge in [0.1, 0.15) is 0 Å². The Labute approximate surface area is 91.1 Å². The number of hydrogen-bond donors (Lipinski definition) is 1. The van der Waals surface area contributed by atoms with Gasteiger partial charge in [0.2, 0.25) is 0 Å². The van der Waals surface area contributed by atoms with Crippen LogP contribution in [0.5, 0.6) is 0 Å². The lowest BCUT2D eigenvalue weighted by atomic mass is 10.3. The van der Waals surface area contributed by atoms with Gasteiger partial charge in [-0.1, -0.05) is 6.92 Å². The zero-order valence-corrected chi connectivity index (χ0v) is 10.1. The number of hydrogen-bond acceptors (Lipinski definition) is 3. The van der Waals surface area contributed by atoms with E-state index < -0.39 is 9.84 Å². The summed E-state index contributed by atoms with van der Waals surface area (Å²) in [5.74, 6) is 1.11. The molecule has 0 aromatic heterocycles. The smallest absolute Gasteiger partial charge is 0.151 e. The Bertz CT molecular complexity index is 273. The molecule has 0 amide bonds. The largest absolute Gasteiger partial charge is 0.309 e. The molecule has 1 saturated carbocycles. The molecule has 0 saturated heterocycles. The van der Waals surface area contributed by atoms with Crippen LogP contribution in [0.3, 0.4) is 0 Å². The van der Waals surface area contributed by atoms with E-state index in [4.69, 9.17) is 11.6 Å². The van der Waals surface area contributed by atoms with Crippen molar-refractivity contribution in [2.75, 3.05) is 23.9 Å². The number of alkyl halides is 1. The molecule has 0 unspecified atom stereocenters. The second kappa shape index (κ2) is 4.81. The number of sulfone groups is 1. The van der Waals surface area contributed by atoms with Crippen LogP contribution in [0.25, 0.3) is 0 Å². The molecular formula is C9H18ClNO2S. The van der Waals surface area contributed by atoms with Crippen molar-refractivity contribution in [2.45, 2.75) is 31.7 Å². The first kappa shape index (κ1) is 12.3. The average Bonchev–Trinajstić information content (AvgIpc) is 2.85. The Morgan fingerprint density at radius 3 is 2.43 bits per heavy atom. The van der Waals surface area contributed by atoms with E-state index in [-0.39, 0.29) is 11.3 Å². The Balaban J connectivity index is 2.21. The molecule has 14 heavy (non-hydrogen) atoms. The minimum atomic E-state index is -2.84. The van der Waals surface area contributed by atoms with E-state index in [0.717, 1.165) is 12.8 Å². The number of halogens is 1. The molecule has 0 bridgehead atoms. The lowest BCUT2D eigenvalue weighted by Gasteiger charge is -2.13. The van der Waals surface area contributed by atoms with Crippen LogP contribution in [-0.4, -0.2) is 37.9 Å². The molecule has 1 rings (SSSR count). The maximum atomic E-state index is 11.4. The summed E-state index contributed by atoms with van der Waals surface area (Å²) in [5, 5.41) is 3.22. The molecule has 0 heterocycles. The zero-order valence-electron chi connectivity index (χ0n) is 8.55. The minimum Gasteiger partial charge on any atom is -0.309 e. The summed E-state index contributed by atoms with van der Waals surface area (Å²) in [5.41, 5.74) is 0.0588. The molecule has 1 N–H and O–H groups in total. The Morgan fingerprint density at radius 2 is 2.00 bits per heavy atom. The third-order valence-corrected chi connectivity index (χ3v) is 4.91. The Kier molecular flexibility index (Phi) is 4.22. The van der Waals surface area contributed by atoms with Gasteiger partial charge in [-0.05, 0) is 19.3 Å². The van der Waals surface area contributed by atoms with Crippen molar-refractivity contribution in [2.24, 2.45) is 0 Å². The molecule has 0 atom stereocenters. The Hall–Kier alpha value is 0.200. The first-order chi connectivity index (χ1) is 6.54. The quantitative estimate of drug-likeness (QED) is 0.679. The van der Waals surface area contributed by atoms with Crippen LogP contribution in [0.15, 0.2) is 0 Å². The molecule has 5 heteroatoms. The molecular weight excluding hydrogens is 222 g/mol. The molecule has 1 aliphatic carbocycles. The summed E-state index contributed by atoms with van der Waals surface area (Å²) in [6, 6.07) is 0. The van der Waals surface area contributed by atoms with E-state index in [1.807, 2.05) is 6.92 Å². The van der Waals surface area contributed by atoms with E-state index >= 15 is 0 Å². The van der Waals surface area contributed by atoms with Crippen LogP contribution < -0.4 is 5.32 Å². The maximum Gasteiger partial charge on any atom is 0.151 e. The fourth-order valence-corrected chi connectivity index (χ4v) is 2.99. The van der Waals surface area contributed by atoms with Crippen molar-refractivity contribution >= 4 is 21.4 Å². The van der Waals surface area contributed by atoms with Crippen LogP contribution >= 0.6 is 11.6 Å². The van der Waals surface area contributed by atoms with Gasteiger partial charge in [0, 0.05) is 23.7 Å². The molecule has 0 radical (unpaired) electrons. The highest BCUT2D eigenvalue weighted by Crippen LogP contribution is 2.36. The van der Waals surface area contributed by atoms with E-state index in [9.17, 15) is 8.42 Å². The summed E-state index contributed by atoms with van der Waals surface area (Å²) in [7, 11) is -2.84. The lowest BCUT2D eigenvalue weighted by molar-refractivity contribution is 0.552. The van der Waals surface area contributed by atoms with Crippen molar-refractivity contribution in [3.8, 4) is 0 Å². The molecule has 0 aliphatic heterocycles. The highest BCUT2D eigenvalue weighted by molar-refractivity contribution is 7.91. The van der Waals surface area contributed by atoms with Crippen LogP contribution in [0, 0.1) is 0 Å². The van der Waals surface area contributed by atoms with Gasteiger partial charge in [-0.25, -0.2) is 8.42 Å². The van der Waals surface area contributed by atoms with Gasteiger partial charge in [-0.3, -0.25) is 0 Å². The molecule has 0 aromatic rings. The molecule has 84 valence electrons. The van der Waals surface area contributed by atoms with E-state index in [2.05, 4.69) is 5.32 Å². The van der Waals surface area contributed by atoms with Gasteiger partial charge < -0.3 is 5.32 Å². The molecule has 0 aromatic carbocycles. The first-order valence-electron chi connectivity index (χ1n) is 5.05. The predicted octanol–water partition coefficient (Wildman–Crippen LogP) is 1.17. The van der Waals surface area contributed by atoms with Crippen molar-refractivity contribution in [1.29, 1.82) is 0 Å². The van der Waals surface area contributed by atoms with Crippen molar-refractivity contribution in [1.82, 2.24) is 5.32 Å². The fraction of sp³-hybridized carbons (Fsp3) is 1.00. The topological polar surface area (TPSA) is 46.2 Å². The van der Waals surface area contributed by atoms with Gasteiger partial charge in [0.05, 0.1) is 5.75 Å². The summed E-state index contributed by atoms with van der Waals surface area (Å²) in [6.07, 6.45) is 2.84. The zero-order chi connectivity index (χ0) is 10.7. The van der Waals surface area contributed by atoms with Crippen LogP contribution in [-0.2, 0) is 9.84 Å². The number of rotatable bonds is 7. The highest BCUT2D eigenvalue weighted by Gasteiger charge is 2.41. The molecule has 1 aliphatic rings. The highest BCUT2D eigenvalue weighted by atomic mass is 35.5. The van der Waals surface area contributed by atoms with Gasteiger partial charge >= 0.3 is 0 Å². The van der Waals surface area contributed by atoms with Gasteiger partial charge in [0.25, 0.3) is 0 Å². The Morgan fingerprint density at radius 1 is 1.36 bits per heavy atom. The lowest BCUT2D eigenvalue weighted by Crippen LogP contribution is -2.36. The average molecular weight is 240 g/mol. The van der Waals surface area contributed by atoms with Crippen molar-refractivity contribution in [3.05, 3.63) is 0 Å². The van der Waals surface area contributed by atoms with Gasteiger partial charge in [0.15, 0.2) is 9.84 Å². The van der Waals surface area contributed by atoms with E-state index in [1.165, 1.54) is 0 Å². The SMILES string of the molecule is CCCS(=O)(=O)CCNC1(CCl)CC1. The van der Waals surface area contributed by atoms with Gasteiger partial charge in [-0.15, -0.1) is 11.6 Å². The molecule has 3 nitrogen and oxygen atoms in total. The third-order valence-electron chi connectivity index (χ3n) is 2.54. The van der Waals surface area contributed by atoms with Crippen LogP contribution in [0.2, 0.25) is 0 Å². The molecule has 0 spiro atoms. The minimum absolute atomic E-state index is 0.0588. The summed E-state index contributed by atoms with van der Waals surface area (Å²) in [4.78, 5) is 0. The fourth-order valence-electron chi connectivity index (χ4n) is 1.39. The van der Waals surface area contributed by atoms with Crippen molar-refractivity contribution < 1.29 is 8.42 Å². The summed E-state index contributed by atoms with van der Waals surface area (Å²) in [6.45, 7) is 2.42. The summed E-state index contributed by atoms with van der Waals surface area (Å²) >= 11 is 5.75. The third kappa shape index (κ3) is 3.75. The first-order valence-corrected chi connectivity index (χ1v) is 7.41. The molecule has 1 fully saturated rings.